The largest absolute Gasteiger partial charge is 3.00 e. The number of halogens is 3. The van der Waals surface area contributed by atoms with E-state index in [1.165, 1.54) is 0 Å². The Morgan fingerprint density at radius 1 is 0.600 bits per heavy atom. The molecule has 0 bridgehead atoms. The molecular weight excluding hydrogens is 666 g/mol. The summed E-state index contributed by atoms with van der Waals surface area (Å²) in [6, 6.07) is 32.2. The first-order valence-electron chi connectivity index (χ1n) is 9.13. The van der Waals surface area contributed by atoms with Gasteiger partial charge in [-0.05, 0) is 24.3 Å². The van der Waals surface area contributed by atoms with Gasteiger partial charge in [0.15, 0.2) is 10.1 Å². The number of benzene rings is 2. The molecule has 0 atom stereocenters. The zero-order valence-corrected chi connectivity index (χ0v) is 21.0. The predicted molar refractivity (Wildman–Crippen MR) is 119 cm³/mol. The molecule has 4 aromatic rings. The van der Waals surface area contributed by atoms with Gasteiger partial charge in [-0.25, -0.2) is 8.42 Å². The van der Waals surface area contributed by atoms with Crippen LogP contribution in [0.15, 0.2) is 109 Å². The van der Waals surface area contributed by atoms with Crippen molar-refractivity contribution < 1.29 is 57.2 Å². The van der Waals surface area contributed by atoms with Gasteiger partial charge in [0.1, 0.15) is 0 Å². The Balaban J connectivity index is 0. The summed E-state index contributed by atoms with van der Waals surface area (Å²) >= 11 is 0. The van der Waals surface area contributed by atoms with E-state index in [0.29, 0.717) is 0 Å². The molecule has 7 nitrogen and oxygen atoms in total. The van der Waals surface area contributed by atoms with Crippen molar-refractivity contribution in [3.63, 3.8) is 0 Å². The van der Waals surface area contributed by atoms with Gasteiger partial charge >= 0.3 is 25.6 Å². The molecule has 0 spiro atoms. The average Bonchev–Trinajstić information content (AvgIpc) is 2.81. The number of nitrogens with zero attached hydrogens (tertiary/aromatic N) is 2. The number of rotatable bonds is 2. The molecule has 0 saturated heterocycles. The van der Waals surface area contributed by atoms with Crippen molar-refractivity contribution in [2.75, 3.05) is 0 Å². The van der Waals surface area contributed by atoms with Gasteiger partial charge in [0.05, 0.1) is 11.4 Å². The molecule has 4 rings (SSSR count). The molecule has 188 valence electrons. The van der Waals surface area contributed by atoms with Gasteiger partial charge < -0.3 is 15.5 Å². The van der Waals surface area contributed by atoms with Crippen LogP contribution in [0.4, 0.5) is 13.2 Å². The van der Waals surface area contributed by atoms with Crippen LogP contribution in [0.1, 0.15) is 0 Å². The summed E-state index contributed by atoms with van der Waals surface area (Å²) in [6.45, 7) is 0. The minimum Gasteiger partial charge on any atom is -0.870 e. The van der Waals surface area contributed by atoms with Crippen LogP contribution < -0.4 is 0 Å². The zero-order chi connectivity index (χ0) is 23.5. The van der Waals surface area contributed by atoms with E-state index in [4.69, 9.17) is 13.0 Å². The van der Waals surface area contributed by atoms with Gasteiger partial charge in [-0.15, -0.1) is 0 Å². The molecule has 12 heteroatoms. The maximum Gasteiger partial charge on any atom is 3.00 e. The summed E-state index contributed by atoms with van der Waals surface area (Å²) < 4.78 is 58.9. The van der Waals surface area contributed by atoms with E-state index >= 15 is 0 Å². The molecule has 2 aromatic carbocycles. The van der Waals surface area contributed by atoms with Gasteiger partial charge in [0.25, 0.3) is 0 Å². The third-order valence-corrected chi connectivity index (χ3v) is 4.32. The molecule has 0 fully saturated rings. The van der Waals surface area contributed by atoms with Crippen LogP contribution >= 0.6 is 0 Å². The Morgan fingerprint density at radius 2 is 0.886 bits per heavy atom. The fourth-order valence-corrected chi connectivity index (χ4v) is 2.28. The van der Waals surface area contributed by atoms with E-state index < -0.39 is 15.6 Å². The van der Waals surface area contributed by atoms with Gasteiger partial charge in [-0.1, -0.05) is 72.8 Å². The summed E-state index contributed by atoms with van der Waals surface area (Å²) in [5.41, 5.74) is -1.26. The van der Waals surface area contributed by atoms with Crippen LogP contribution in [-0.2, 0) is 30.2 Å². The Labute approximate surface area is 214 Å². The molecule has 0 saturated carbocycles. The van der Waals surface area contributed by atoms with Crippen molar-refractivity contribution in [1.82, 2.24) is 9.97 Å². The van der Waals surface area contributed by atoms with Crippen LogP contribution in [0.2, 0.25) is 0 Å². The first-order chi connectivity index (χ1) is 15.2. The summed E-state index contributed by atoms with van der Waals surface area (Å²) in [6.07, 6.45) is 3.62. The first-order valence-corrected chi connectivity index (χ1v) is 10.5. The van der Waals surface area contributed by atoms with E-state index in [-0.39, 0.29) is 31.1 Å². The molecular formula is C23H20F3IrN2O5S. The number of pyridine rings is 2. The molecule has 2 heterocycles. The standard InChI is InChI=1S/2C11H9N.CHF3O3S.Ir.2H2O/c2*1-2-6-10(7-3-1)11-8-4-5-9-12-11;2-1(3,4)8(5,6)7;;;/h2*1-9H;(H,5,6,7);;2*1H2/q;;;+3;;/p-3. The average molecular weight is 686 g/mol. The number of hydrogen-bond donors (Lipinski definition) is 0. The Morgan fingerprint density at radius 3 is 1.11 bits per heavy atom. The van der Waals surface area contributed by atoms with Crippen molar-refractivity contribution in [2.45, 2.75) is 5.51 Å². The fourth-order valence-electron chi connectivity index (χ4n) is 2.28. The number of hydrogen-bond acceptors (Lipinski definition) is 7. The maximum atomic E-state index is 10.7. The SMILES string of the molecule is O=S(=O)([O-])C(F)(F)F.[Ir+3].[OH-].[OH-].c1ccc(-c2ccccn2)cc1.c1ccc(-c2ccccn2)cc1. The topological polar surface area (TPSA) is 143 Å². The second kappa shape index (κ2) is 16.6. The van der Waals surface area contributed by atoms with E-state index in [0.717, 1.165) is 22.5 Å². The summed E-state index contributed by atoms with van der Waals surface area (Å²) in [7, 11) is -6.09. The molecule has 0 aliphatic carbocycles. The van der Waals surface area contributed by atoms with Crippen LogP contribution in [-0.4, -0.2) is 39.4 Å². The summed E-state index contributed by atoms with van der Waals surface area (Å²) in [5, 5.41) is 0. The van der Waals surface area contributed by atoms with E-state index in [1.54, 1.807) is 0 Å². The first kappa shape index (κ1) is 34.2. The minimum atomic E-state index is -6.09. The summed E-state index contributed by atoms with van der Waals surface area (Å²) in [4.78, 5) is 8.50. The van der Waals surface area contributed by atoms with E-state index in [1.807, 2.05) is 85.2 Å². The Bertz CT molecular complexity index is 1020. The summed E-state index contributed by atoms with van der Waals surface area (Å²) in [5.74, 6) is 0. The minimum absolute atomic E-state index is 0. The maximum absolute atomic E-state index is 10.7. The third-order valence-electron chi connectivity index (χ3n) is 3.75. The van der Waals surface area contributed by atoms with E-state index in [2.05, 4.69) is 34.2 Å². The Kier molecular flexibility index (Phi) is 16.2. The monoisotopic (exact) mass is 686 g/mol. The molecule has 0 radical (unpaired) electrons. The van der Waals surface area contributed by atoms with Crippen LogP contribution in [0, 0.1) is 0 Å². The zero-order valence-electron chi connectivity index (χ0n) is 17.8. The van der Waals surface area contributed by atoms with Crippen molar-refractivity contribution in [2.24, 2.45) is 0 Å². The van der Waals surface area contributed by atoms with Gasteiger partial charge in [0, 0.05) is 23.5 Å². The molecule has 0 aliphatic heterocycles. The fraction of sp³-hybridized carbons (Fsp3) is 0.0435. The molecule has 2 N–H and O–H groups in total. The molecule has 0 amide bonds. The van der Waals surface area contributed by atoms with Crippen LogP contribution in [0.5, 0.6) is 0 Å². The molecule has 0 unspecified atom stereocenters. The normalized spacial score (nSPS) is 9.83. The molecule has 35 heavy (non-hydrogen) atoms. The van der Waals surface area contributed by atoms with Crippen molar-refractivity contribution in [3.8, 4) is 22.5 Å². The second-order valence-electron chi connectivity index (χ2n) is 6.06. The van der Waals surface area contributed by atoms with Gasteiger partial charge in [-0.2, -0.15) is 13.2 Å². The Hall–Kier alpha value is -2.99. The van der Waals surface area contributed by atoms with Crippen molar-refractivity contribution in [1.29, 1.82) is 0 Å². The number of aromatic nitrogens is 2. The smallest absolute Gasteiger partial charge is 0.870 e. The van der Waals surface area contributed by atoms with Crippen molar-refractivity contribution >= 4 is 10.1 Å². The van der Waals surface area contributed by atoms with Gasteiger partial charge in [-0.3, -0.25) is 9.97 Å². The van der Waals surface area contributed by atoms with E-state index in [9.17, 15) is 13.2 Å². The van der Waals surface area contributed by atoms with Crippen LogP contribution in [0.3, 0.4) is 0 Å². The van der Waals surface area contributed by atoms with Gasteiger partial charge in [0.2, 0.25) is 0 Å². The quantitative estimate of drug-likeness (QED) is 0.209. The third kappa shape index (κ3) is 12.3. The van der Waals surface area contributed by atoms with Crippen LogP contribution in [0.25, 0.3) is 22.5 Å². The molecule has 2 aromatic heterocycles. The predicted octanol–water partition coefficient (Wildman–Crippen LogP) is 5.19. The van der Waals surface area contributed by atoms with Crippen molar-refractivity contribution in [3.05, 3.63) is 109 Å². The molecule has 0 aliphatic rings. The second-order valence-corrected chi connectivity index (χ2v) is 7.43. The number of alkyl halides is 3.